The van der Waals surface area contributed by atoms with E-state index in [1.165, 1.54) is 12.1 Å². The standard InChI is InChI=1S/C13H14ClNO5S/c1-13(2,8-21(14,18)19)7-20-15-11(16)9-5-3-4-6-10(9)12(15)17/h3-6H,7-8H2,1-2H3. The summed E-state index contributed by atoms with van der Waals surface area (Å²) < 4.78 is 22.2. The third kappa shape index (κ3) is 3.61. The molecule has 1 aromatic carbocycles. The van der Waals surface area contributed by atoms with Gasteiger partial charge in [-0.15, -0.1) is 5.06 Å². The normalized spacial score (nSPS) is 15.5. The lowest BCUT2D eigenvalue weighted by molar-refractivity contribution is -0.112. The van der Waals surface area contributed by atoms with Crippen molar-refractivity contribution in [3.63, 3.8) is 0 Å². The number of hydrogen-bond donors (Lipinski definition) is 0. The fourth-order valence-corrected chi connectivity index (χ4v) is 3.93. The summed E-state index contributed by atoms with van der Waals surface area (Å²) in [5.41, 5.74) is -0.300. The van der Waals surface area contributed by atoms with Gasteiger partial charge in [0.1, 0.15) is 0 Å². The summed E-state index contributed by atoms with van der Waals surface area (Å²) in [7, 11) is 1.51. The maximum Gasteiger partial charge on any atom is 0.285 e. The molecule has 0 saturated carbocycles. The molecule has 0 bridgehead atoms. The van der Waals surface area contributed by atoms with Gasteiger partial charge in [-0.05, 0) is 12.1 Å². The van der Waals surface area contributed by atoms with E-state index in [9.17, 15) is 18.0 Å². The first kappa shape index (κ1) is 15.9. The van der Waals surface area contributed by atoms with Crippen molar-refractivity contribution in [2.75, 3.05) is 12.4 Å². The molecule has 2 rings (SSSR count). The molecule has 0 spiro atoms. The van der Waals surface area contributed by atoms with Crippen LogP contribution in [-0.2, 0) is 13.9 Å². The van der Waals surface area contributed by atoms with Crippen molar-refractivity contribution < 1.29 is 22.8 Å². The lowest BCUT2D eigenvalue weighted by Gasteiger charge is -2.24. The zero-order valence-electron chi connectivity index (χ0n) is 11.5. The molecule has 8 heteroatoms. The minimum Gasteiger partial charge on any atom is -0.266 e. The van der Waals surface area contributed by atoms with Gasteiger partial charge in [-0.1, -0.05) is 26.0 Å². The number of benzene rings is 1. The van der Waals surface area contributed by atoms with Crippen molar-refractivity contribution in [3.8, 4) is 0 Å². The summed E-state index contributed by atoms with van der Waals surface area (Å²) in [6.45, 7) is 3.10. The minimum atomic E-state index is -3.70. The summed E-state index contributed by atoms with van der Waals surface area (Å²) in [4.78, 5) is 29.3. The van der Waals surface area contributed by atoms with E-state index in [0.717, 1.165) is 0 Å². The van der Waals surface area contributed by atoms with E-state index < -0.39 is 26.3 Å². The Balaban J connectivity index is 2.09. The van der Waals surface area contributed by atoms with Gasteiger partial charge in [0, 0.05) is 16.1 Å². The second-order valence-electron chi connectivity index (χ2n) is 5.57. The van der Waals surface area contributed by atoms with Crippen LogP contribution in [0.5, 0.6) is 0 Å². The van der Waals surface area contributed by atoms with Crippen molar-refractivity contribution in [1.29, 1.82) is 0 Å². The predicted octanol–water partition coefficient (Wildman–Crippen LogP) is 1.81. The molecule has 2 amide bonds. The number of carbonyl (C=O) groups excluding carboxylic acids is 2. The highest BCUT2D eigenvalue weighted by atomic mass is 35.7. The van der Waals surface area contributed by atoms with Gasteiger partial charge >= 0.3 is 0 Å². The summed E-state index contributed by atoms with van der Waals surface area (Å²) in [6, 6.07) is 6.37. The highest BCUT2D eigenvalue weighted by Gasteiger charge is 2.38. The van der Waals surface area contributed by atoms with Gasteiger partial charge in [-0.2, -0.15) is 0 Å². The molecule has 0 unspecified atom stereocenters. The van der Waals surface area contributed by atoms with E-state index in [1.807, 2.05) is 0 Å². The van der Waals surface area contributed by atoms with Crippen LogP contribution in [0.1, 0.15) is 34.6 Å². The fraction of sp³-hybridized carbons (Fsp3) is 0.385. The fourth-order valence-electron chi connectivity index (χ4n) is 2.03. The van der Waals surface area contributed by atoms with Crippen LogP contribution < -0.4 is 0 Å². The van der Waals surface area contributed by atoms with Gasteiger partial charge in [0.25, 0.3) is 11.8 Å². The van der Waals surface area contributed by atoms with Gasteiger partial charge in [-0.3, -0.25) is 14.4 Å². The minimum absolute atomic E-state index is 0.135. The van der Waals surface area contributed by atoms with E-state index in [4.69, 9.17) is 15.5 Å². The van der Waals surface area contributed by atoms with Crippen molar-refractivity contribution >= 4 is 31.5 Å². The number of fused-ring (bicyclic) bond motifs is 1. The number of carbonyl (C=O) groups is 2. The molecule has 0 saturated heterocycles. The smallest absolute Gasteiger partial charge is 0.266 e. The summed E-state index contributed by atoms with van der Waals surface area (Å²) in [6.07, 6.45) is 0. The van der Waals surface area contributed by atoms with Crippen LogP contribution >= 0.6 is 10.7 Å². The molecule has 114 valence electrons. The van der Waals surface area contributed by atoms with Crippen LogP contribution in [0.2, 0.25) is 0 Å². The van der Waals surface area contributed by atoms with Crippen LogP contribution in [0, 0.1) is 5.41 Å². The van der Waals surface area contributed by atoms with E-state index >= 15 is 0 Å². The number of halogens is 1. The summed E-state index contributed by atoms with van der Waals surface area (Å²) >= 11 is 0. The predicted molar refractivity (Wildman–Crippen MR) is 76.3 cm³/mol. The topological polar surface area (TPSA) is 80.8 Å². The van der Waals surface area contributed by atoms with E-state index in [2.05, 4.69) is 0 Å². The zero-order valence-corrected chi connectivity index (χ0v) is 13.1. The molecular weight excluding hydrogens is 318 g/mol. The van der Waals surface area contributed by atoms with Crippen molar-refractivity contribution in [2.45, 2.75) is 13.8 Å². The summed E-state index contributed by atoms with van der Waals surface area (Å²) in [5, 5.41) is 0.660. The lowest BCUT2D eigenvalue weighted by atomic mass is 9.98. The third-order valence-electron chi connectivity index (χ3n) is 2.90. The van der Waals surface area contributed by atoms with E-state index in [0.29, 0.717) is 5.06 Å². The second-order valence-corrected chi connectivity index (χ2v) is 8.35. The molecule has 1 aliphatic rings. The van der Waals surface area contributed by atoms with Gasteiger partial charge in [0.05, 0.1) is 23.5 Å². The number of hydrogen-bond acceptors (Lipinski definition) is 5. The number of imide groups is 1. The number of amides is 2. The van der Waals surface area contributed by atoms with Crippen molar-refractivity contribution in [2.24, 2.45) is 5.41 Å². The first-order chi connectivity index (χ1) is 9.61. The molecule has 0 atom stereocenters. The van der Waals surface area contributed by atoms with Crippen LogP contribution in [0.4, 0.5) is 0 Å². The second kappa shape index (κ2) is 5.40. The van der Waals surface area contributed by atoms with Gasteiger partial charge in [-0.25, -0.2) is 8.42 Å². The van der Waals surface area contributed by atoms with E-state index in [-0.39, 0.29) is 23.5 Å². The zero-order chi connectivity index (χ0) is 15.8. The highest BCUT2D eigenvalue weighted by molar-refractivity contribution is 8.13. The lowest BCUT2D eigenvalue weighted by Crippen LogP contribution is -2.36. The molecule has 0 N–H and O–H groups in total. The molecular formula is C13H14ClNO5S. The molecule has 0 fully saturated rings. The maximum absolute atomic E-state index is 12.0. The molecule has 21 heavy (non-hydrogen) atoms. The SMILES string of the molecule is CC(C)(CON1C(=O)c2ccccc2C1=O)CS(=O)(=O)Cl. The molecule has 0 aliphatic carbocycles. The number of nitrogens with zero attached hydrogens (tertiary/aromatic N) is 1. The summed E-state index contributed by atoms with van der Waals surface area (Å²) in [5.74, 6) is -1.44. The molecule has 1 aromatic rings. The Kier molecular flexibility index (Phi) is 4.10. The Hall–Kier alpha value is -1.44. The Labute approximate surface area is 127 Å². The van der Waals surface area contributed by atoms with Gasteiger partial charge in [0.15, 0.2) is 0 Å². The quantitative estimate of drug-likeness (QED) is 0.607. The molecule has 0 aromatic heterocycles. The molecule has 0 radical (unpaired) electrons. The molecule has 1 aliphatic heterocycles. The monoisotopic (exact) mass is 331 g/mol. The van der Waals surface area contributed by atoms with Gasteiger partial charge < -0.3 is 0 Å². The van der Waals surface area contributed by atoms with Crippen LogP contribution in [0.3, 0.4) is 0 Å². The average molecular weight is 332 g/mol. The molecule has 6 nitrogen and oxygen atoms in total. The number of rotatable bonds is 5. The van der Waals surface area contributed by atoms with Gasteiger partial charge in [0.2, 0.25) is 9.05 Å². The van der Waals surface area contributed by atoms with Crippen LogP contribution in [-0.4, -0.2) is 37.7 Å². The third-order valence-corrected chi connectivity index (χ3v) is 4.36. The highest BCUT2D eigenvalue weighted by Crippen LogP contribution is 2.26. The van der Waals surface area contributed by atoms with Crippen molar-refractivity contribution in [3.05, 3.63) is 35.4 Å². The average Bonchev–Trinajstić information content (AvgIpc) is 2.58. The molecule has 1 heterocycles. The van der Waals surface area contributed by atoms with E-state index in [1.54, 1.807) is 26.0 Å². The Morgan fingerprint density at radius 2 is 1.62 bits per heavy atom. The largest absolute Gasteiger partial charge is 0.285 e. The van der Waals surface area contributed by atoms with Crippen molar-refractivity contribution in [1.82, 2.24) is 5.06 Å². The Bertz CT molecular complexity index is 663. The van der Waals surface area contributed by atoms with Crippen LogP contribution in [0.25, 0.3) is 0 Å². The Morgan fingerprint density at radius 1 is 1.14 bits per heavy atom. The number of hydroxylamine groups is 2. The Morgan fingerprint density at radius 3 is 2.05 bits per heavy atom. The van der Waals surface area contributed by atoms with Crippen LogP contribution in [0.15, 0.2) is 24.3 Å². The maximum atomic E-state index is 12.0. The first-order valence-corrected chi connectivity index (χ1v) is 8.62. The first-order valence-electron chi connectivity index (χ1n) is 6.14.